The van der Waals surface area contributed by atoms with Crippen molar-refractivity contribution in [3.8, 4) is 0 Å². The van der Waals surface area contributed by atoms with E-state index in [-0.39, 0.29) is 12.1 Å². The Morgan fingerprint density at radius 2 is 1.71 bits per heavy atom. The molecule has 3 aromatic rings. The molecule has 0 saturated heterocycles. The van der Waals surface area contributed by atoms with Crippen LogP contribution in [0.25, 0.3) is 0 Å². The molecule has 0 amide bonds. The van der Waals surface area contributed by atoms with Crippen molar-refractivity contribution in [3.05, 3.63) is 61.8 Å². The zero-order chi connectivity index (χ0) is 14.8. The van der Waals surface area contributed by atoms with Crippen molar-refractivity contribution < 1.29 is 4.52 Å². The highest BCUT2D eigenvalue weighted by Gasteiger charge is 2.23. The fraction of sp³-hybridized carbons (Fsp3) is 0.312. The van der Waals surface area contributed by atoms with Gasteiger partial charge in [0, 0.05) is 21.4 Å². The molecule has 21 heavy (non-hydrogen) atoms. The fourth-order valence-corrected chi connectivity index (χ4v) is 4.34. The molecule has 0 aliphatic heterocycles. The van der Waals surface area contributed by atoms with Gasteiger partial charge in [-0.15, -0.1) is 22.7 Å². The summed E-state index contributed by atoms with van der Waals surface area (Å²) in [6, 6.07) is 8.97. The van der Waals surface area contributed by atoms with Gasteiger partial charge >= 0.3 is 0 Å². The van der Waals surface area contributed by atoms with Gasteiger partial charge in [-0.1, -0.05) is 17.3 Å². The predicted octanol–water partition coefficient (Wildman–Crippen LogP) is 4.85. The standard InChI is InChI=1S/C16H18N2OS2/c1-10(15-11(2)18-19-12(15)3)17-16(13-6-4-8-20-13)14-7-5-9-21-14/h4-10,16-17H,1-3H3. The molecule has 0 saturated carbocycles. The number of nitrogens with one attached hydrogen (secondary N) is 1. The lowest BCUT2D eigenvalue weighted by Crippen LogP contribution is -2.25. The molecule has 0 fully saturated rings. The van der Waals surface area contributed by atoms with E-state index in [1.807, 2.05) is 13.8 Å². The molecular formula is C16H18N2OS2. The van der Waals surface area contributed by atoms with Crippen molar-refractivity contribution in [2.45, 2.75) is 32.9 Å². The Morgan fingerprint density at radius 3 is 2.14 bits per heavy atom. The topological polar surface area (TPSA) is 38.1 Å². The average Bonchev–Trinajstić information content (AvgIpc) is 3.18. The van der Waals surface area contributed by atoms with E-state index in [0.717, 1.165) is 17.0 Å². The largest absolute Gasteiger partial charge is 0.361 e. The summed E-state index contributed by atoms with van der Waals surface area (Å²) in [7, 11) is 0. The van der Waals surface area contributed by atoms with Crippen LogP contribution in [0.5, 0.6) is 0 Å². The van der Waals surface area contributed by atoms with Gasteiger partial charge in [0.25, 0.3) is 0 Å². The average molecular weight is 318 g/mol. The Morgan fingerprint density at radius 1 is 1.10 bits per heavy atom. The number of hydrogen-bond donors (Lipinski definition) is 1. The van der Waals surface area contributed by atoms with Gasteiger partial charge in [-0.3, -0.25) is 5.32 Å². The summed E-state index contributed by atoms with van der Waals surface area (Å²) in [5, 5.41) is 12.0. The molecule has 0 spiro atoms. The zero-order valence-electron chi connectivity index (χ0n) is 12.3. The summed E-state index contributed by atoms with van der Waals surface area (Å²) in [6.45, 7) is 6.13. The van der Waals surface area contributed by atoms with Crippen LogP contribution in [0.15, 0.2) is 39.5 Å². The van der Waals surface area contributed by atoms with Gasteiger partial charge in [-0.2, -0.15) is 0 Å². The first-order chi connectivity index (χ1) is 10.2. The van der Waals surface area contributed by atoms with Crippen LogP contribution in [0, 0.1) is 13.8 Å². The first kappa shape index (κ1) is 14.5. The highest BCUT2D eigenvalue weighted by atomic mass is 32.1. The minimum Gasteiger partial charge on any atom is -0.361 e. The molecule has 1 unspecified atom stereocenters. The maximum atomic E-state index is 5.29. The maximum absolute atomic E-state index is 5.29. The Bertz CT molecular complexity index is 632. The van der Waals surface area contributed by atoms with Gasteiger partial charge in [0.1, 0.15) is 5.76 Å². The Hall–Kier alpha value is -1.43. The van der Waals surface area contributed by atoms with Crippen LogP contribution in [0.1, 0.15) is 45.8 Å². The lowest BCUT2D eigenvalue weighted by Gasteiger charge is -2.22. The second-order valence-corrected chi connectivity index (χ2v) is 7.05. The van der Waals surface area contributed by atoms with E-state index in [2.05, 4.69) is 52.4 Å². The van der Waals surface area contributed by atoms with Crippen molar-refractivity contribution >= 4 is 22.7 Å². The van der Waals surface area contributed by atoms with Crippen molar-refractivity contribution in [3.63, 3.8) is 0 Å². The number of aromatic nitrogens is 1. The van der Waals surface area contributed by atoms with Crippen LogP contribution >= 0.6 is 22.7 Å². The fourth-order valence-electron chi connectivity index (χ4n) is 2.66. The molecular weight excluding hydrogens is 300 g/mol. The van der Waals surface area contributed by atoms with E-state index < -0.39 is 0 Å². The number of nitrogens with zero attached hydrogens (tertiary/aromatic N) is 1. The van der Waals surface area contributed by atoms with E-state index in [1.54, 1.807) is 22.7 Å². The van der Waals surface area contributed by atoms with Gasteiger partial charge in [0.2, 0.25) is 0 Å². The predicted molar refractivity (Wildman–Crippen MR) is 88.0 cm³/mol. The van der Waals surface area contributed by atoms with Crippen molar-refractivity contribution in [2.24, 2.45) is 0 Å². The van der Waals surface area contributed by atoms with Gasteiger partial charge in [0.15, 0.2) is 0 Å². The van der Waals surface area contributed by atoms with Crippen LogP contribution < -0.4 is 5.32 Å². The summed E-state index contributed by atoms with van der Waals surface area (Å²) in [5.74, 6) is 0.892. The number of hydrogen-bond acceptors (Lipinski definition) is 5. The second kappa shape index (κ2) is 6.13. The van der Waals surface area contributed by atoms with Gasteiger partial charge in [-0.25, -0.2) is 0 Å². The van der Waals surface area contributed by atoms with E-state index in [9.17, 15) is 0 Å². The molecule has 0 bridgehead atoms. The third kappa shape index (κ3) is 2.95. The van der Waals surface area contributed by atoms with Gasteiger partial charge < -0.3 is 4.52 Å². The second-order valence-electron chi connectivity index (χ2n) is 5.09. The summed E-state index contributed by atoms with van der Waals surface area (Å²) >= 11 is 3.56. The smallest absolute Gasteiger partial charge is 0.138 e. The third-order valence-corrected chi connectivity index (χ3v) is 5.47. The van der Waals surface area contributed by atoms with Gasteiger partial charge in [0.05, 0.1) is 11.7 Å². The van der Waals surface area contributed by atoms with Gasteiger partial charge in [-0.05, 0) is 43.7 Å². The summed E-state index contributed by atoms with van der Waals surface area (Å²) < 4.78 is 5.29. The van der Waals surface area contributed by atoms with Crippen LogP contribution in [0.3, 0.4) is 0 Å². The Labute approximate surface area is 132 Å². The molecule has 1 atom stereocenters. The third-order valence-electron chi connectivity index (χ3n) is 3.59. The molecule has 0 aromatic carbocycles. The molecule has 0 aliphatic carbocycles. The SMILES string of the molecule is Cc1noc(C)c1C(C)NC(c1cccs1)c1cccs1. The first-order valence-electron chi connectivity index (χ1n) is 6.92. The monoisotopic (exact) mass is 318 g/mol. The summed E-state index contributed by atoms with van der Waals surface area (Å²) in [4.78, 5) is 2.66. The molecule has 0 aliphatic rings. The summed E-state index contributed by atoms with van der Waals surface area (Å²) in [6.07, 6.45) is 0. The maximum Gasteiger partial charge on any atom is 0.138 e. The highest BCUT2D eigenvalue weighted by Crippen LogP contribution is 2.32. The van der Waals surface area contributed by atoms with E-state index in [1.165, 1.54) is 9.75 Å². The van der Waals surface area contributed by atoms with Crippen molar-refractivity contribution in [1.29, 1.82) is 0 Å². The highest BCUT2D eigenvalue weighted by molar-refractivity contribution is 7.11. The minimum absolute atomic E-state index is 0.186. The quantitative estimate of drug-likeness (QED) is 0.730. The normalized spacial score (nSPS) is 13.0. The molecule has 3 rings (SSSR count). The molecule has 3 aromatic heterocycles. The lowest BCUT2D eigenvalue weighted by atomic mass is 10.0. The molecule has 110 valence electrons. The molecule has 3 heterocycles. The molecule has 1 N–H and O–H groups in total. The number of aryl methyl sites for hydroxylation is 2. The van der Waals surface area contributed by atoms with Crippen molar-refractivity contribution in [2.75, 3.05) is 0 Å². The van der Waals surface area contributed by atoms with Crippen LogP contribution in [0.4, 0.5) is 0 Å². The Balaban J connectivity index is 1.89. The molecule has 0 radical (unpaired) electrons. The van der Waals surface area contributed by atoms with Crippen LogP contribution in [-0.2, 0) is 0 Å². The van der Waals surface area contributed by atoms with Crippen LogP contribution in [0.2, 0.25) is 0 Å². The van der Waals surface area contributed by atoms with E-state index in [0.29, 0.717) is 0 Å². The van der Waals surface area contributed by atoms with Crippen molar-refractivity contribution in [1.82, 2.24) is 10.5 Å². The summed E-state index contributed by atoms with van der Waals surface area (Å²) in [5.41, 5.74) is 2.12. The van der Waals surface area contributed by atoms with Crippen LogP contribution in [-0.4, -0.2) is 5.16 Å². The van der Waals surface area contributed by atoms with E-state index >= 15 is 0 Å². The lowest BCUT2D eigenvalue weighted by molar-refractivity contribution is 0.390. The zero-order valence-corrected chi connectivity index (χ0v) is 13.9. The minimum atomic E-state index is 0.186. The molecule has 5 heteroatoms. The molecule has 3 nitrogen and oxygen atoms in total. The Kier molecular flexibility index (Phi) is 4.24. The number of thiophene rings is 2. The number of rotatable bonds is 5. The van der Waals surface area contributed by atoms with E-state index in [4.69, 9.17) is 4.52 Å². The first-order valence-corrected chi connectivity index (χ1v) is 8.68.